The molecule has 0 radical (unpaired) electrons. The molecule has 72 valence electrons. The average Bonchev–Trinajstić information content (AvgIpc) is 2.68. The second-order valence-corrected chi connectivity index (χ2v) is 2.91. The number of nitrogens with two attached hydrogens (primary N) is 1. The minimum absolute atomic E-state index is 0.524. The smallest absolute Gasteiger partial charge is 0.247 e. The van der Waals surface area contributed by atoms with Crippen LogP contribution in [0.5, 0.6) is 0 Å². The van der Waals surface area contributed by atoms with E-state index in [1.54, 1.807) is 0 Å². The van der Waals surface area contributed by atoms with Crippen molar-refractivity contribution >= 4 is 0 Å². The summed E-state index contributed by atoms with van der Waals surface area (Å²) < 4.78 is 5.41. The minimum atomic E-state index is 0.524. The van der Waals surface area contributed by atoms with Gasteiger partial charge in [-0.05, 0) is 12.1 Å². The molecule has 14 heavy (non-hydrogen) atoms. The first-order valence-corrected chi connectivity index (χ1v) is 4.48. The maximum atomic E-state index is 5.41. The molecule has 1 heterocycles. The molecule has 2 aromatic rings. The van der Waals surface area contributed by atoms with Crippen LogP contribution in [0.1, 0.15) is 5.89 Å². The first-order chi connectivity index (χ1) is 6.90. The highest BCUT2D eigenvalue weighted by Crippen LogP contribution is 2.16. The first-order valence-electron chi connectivity index (χ1n) is 4.48. The Bertz CT molecular complexity index is 397. The second kappa shape index (κ2) is 4.02. The van der Waals surface area contributed by atoms with Crippen molar-refractivity contribution in [1.29, 1.82) is 0 Å². The van der Waals surface area contributed by atoms with Crippen LogP contribution >= 0.6 is 0 Å². The van der Waals surface area contributed by atoms with Gasteiger partial charge in [0.2, 0.25) is 11.8 Å². The van der Waals surface area contributed by atoms with Crippen molar-refractivity contribution in [3.8, 4) is 11.5 Å². The number of benzene rings is 1. The van der Waals surface area contributed by atoms with Crippen molar-refractivity contribution in [2.75, 3.05) is 6.54 Å². The predicted octanol–water partition coefficient (Wildman–Crippen LogP) is 1.24. The van der Waals surface area contributed by atoms with Crippen molar-refractivity contribution in [2.24, 2.45) is 5.73 Å². The number of nitrogens with zero attached hydrogens (tertiary/aromatic N) is 2. The maximum absolute atomic E-state index is 5.41. The van der Waals surface area contributed by atoms with E-state index in [4.69, 9.17) is 10.2 Å². The molecule has 4 nitrogen and oxygen atoms in total. The summed E-state index contributed by atoms with van der Waals surface area (Å²) >= 11 is 0. The van der Waals surface area contributed by atoms with Crippen LogP contribution in [0.3, 0.4) is 0 Å². The maximum Gasteiger partial charge on any atom is 0.247 e. The van der Waals surface area contributed by atoms with Crippen LogP contribution in [0.25, 0.3) is 11.5 Å². The summed E-state index contributed by atoms with van der Waals surface area (Å²) in [7, 11) is 0. The molecule has 0 unspecified atom stereocenters. The molecule has 4 heteroatoms. The Kier molecular flexibility index (Phi) is 2.55. The normalized spacial score (nSPS) is 10.4. The highest BCUT2D eigenvalue weighted by molar-refractivity contribution is 5.51. The van der Waals surface area contributed by atoms with E-state index in [1.807, 2.05) is 30.3 Å². The van der Waals surface area contributed by atoms with E-state index in [-0.39, 0.29) is 0 Å². The van der Waals surface area contributed by atoms with Gasteiger partial charge in [0.15, 0.2) is 0 Å². The number of aromatic nitrogens is 2. The van der Waals surface area contributed by atoms with E-state index >= 15 is 0 Å². The largest absolute Gasteiger partial charge is 0.421 e. The molecule has 0 aliphatic rings. The minimum Gasteiger partial charge on any atom is -0.421 e. The van der Waals surface area contributed by atoms with Gasteiger partial charge in [-0.15, -0.1) is 10.2 Å². The van der Waals surface area contributed by atoms with Crippen molar-refractivity contribution in [2.45, 2.75) is 6.42 Å². The third kappa shape index (κ3) is 1.80. The molecular formula is C10H11N3O. The molecule has 0 saturated heterocycles. The summed E-state index contributed by atoms with van der Waals surface area (Å²) in [5, 5.41) is 7.82. The summed E-state index contributed by atoms with van der Waals surface area (Å²) in [5.41, 5.74) is 6.31. The fourth-order valence-corrected chi connectivity index (χ4v) is 1.18. The molecule has 2 rings (SSSR count). The zero-order valence-corrected chi connectivity index (χ0v) is 7.68. The summed E-state index contributed by atoms with van der Waals surface area (Å²) in [6, 6.07) is 9.67. The number of hydrogen-bond acceptors (Lipinski definition) is 4. The van der Waals surface area contributed by atoms with Crippen molar-refractivity contribution < 1.29 is 4.42 Å². The van der Waals surface area contributed by atoms with Gasteiger partial charge in [0, 0.05) is 18.5 Å². The van der Waals surface area contributed by atoms with Crippen molar-refractivity contribution in [3.63, 3.8) is 0 Å². The fourth-order valence-electron chi connectivity index (χ4n) is 1.18. The second-order valence-electron chi connectivity index (χ2n) is 2.91. The number of hydrogen-bond donors (Lipinski definition) is 1. The monoisotopic (exact) mass is 189 g/mol. The standard InChI is InChI=1S/C10H11N3O/c11-7-6-9-12-13-10(14-9)8-4-2-1-3-5-8/h1-5H,6-7,11H2. The van der Waals surface area contributed by atoms with Gasteiger partial charge in [-0.3, -0.25) is 0 Å². The molecule has 0 fully saturated rings. The van der Waals surface area contributed by atoms with E-state index < -0.39 is 0 Å². The van der Waals surface area contributed by atoms with Crippen LogP contribution in [-0.2, 0) is 6.42 Å². The highest BCUT2D eigenvalue weighted by Gasteiger charge is 2.06. The lowest BCUT2D eigenvalue weighted by molar-refractivity contribution is 0.507. The van der Waals surface area contributed by atoms with Crippen LogP contribution < -0.4 is 5.73 Å². The topological polar surface area (TPSA) is 64.9 Å². The van der Waals surface area contributed by atoms with Gasteiger partial charge < -0.3 is 10.2 Å². The lowest BCUT2D eigenvalue weighted by Crippen LogP contribution is -2.02. The van der Waals surface area contributed by atoms with Crippen LogP contribution in [0.15, 0.2) is 34.7 Å². The van der Waals surface area contributed by atoms with Crippen molar-refractivity contribution in [3.05, 3.63) is 36.2 Å². The molecule has 0 bridgehead atoms. The van der Waals surface area contributed by atoms with Crippen molar-refractivity contribution in [1.82, 2.24) is 10.2 Å². The Labute approximate surface area is 81.8 Å². The average molecular weight is 189 g/mol. The van der Waals surface area contributed by atoms with Gasteiger partial charge in [0.25, 0.3) is 0 Å². The number of rotatable bonds is 3. The van der Waals surface area contributed by atoms with E-state index in [2.05, 4.69) is 10.2 Å². The molecule has 0 amide bonds. The quantitative estimate of drug-likeness (QED) is 0.788. The SMILES string of the molecule is NCCc1nnc(-c2ccccc2)o1. The Morgan fingerprint density at radius 3 is 2.64 bits per heavy atom. The summed E-state index contributed by atoms with van der Waals surface area (Å²) in [4.78, 5) is 0. The molecule has 0 spiro atoms. The van der Waals surface area contributed by atoms with Gasteiger partial charge in [-0.25, -0.2) is 0 Å². The van der Waals surface area contributed by atoms with Crippen LogP contribution in [0.2, 0.25) is 0 Å². The summed E-state index contributed by atoms with van der Waals surface area (Å²) in [6.45, 7) is 0.524. The Morgan fingerprint density at radius 1 is 1.14 bits per heavy atom. The molecule has 0 atom stereocenters. The lowest BCUT2D eigenvalue weighted by Gasteiger charge is -1.91. The zero-order valence-electron chi connectivity index (χ0n) is 7.68. The Balaban J connectivity index is 2.25. The molecule has 1 aromatic heterocycles. The van der Waals surface area contributed by atoms with E-state index in [0.717, 1.165) is 5.56 Å². The third-order valence-corrected chi connectivity index (χ3v) is 1.85. The zero-order chi connectivity index (χ0) is 9.80. The summed E-state index contributed by atoms with van der Waals surface area (Å²) in [6.07, 6.45) is 0.625. The summed E-state index contributed by atoms with van der Waals surface area (Å²) in [5.74, 6) is 1.14. The molecular weight excluding hydrogens is 178 g/mol. The lowest BCUT2D eigenvalue weighted by atomic mass is 10.2. The molecule has 2 N–H and O–H groups in total. The van der Waals surface area contributed by atoms with Gasteiger partial charge in [-0.2, -0.15) is 0 Å². The van der Waals surface area contributed by atoms with E-state index in [9.17, 15) is 0 Å². The molecule has 0 aliphatic heterocycles. The molecule has 1 aromatic carbocycles. The first kappa shape index (κ1) is 8.90. The van der Waals surface area contributed by atoms with E-state index in [0.29, 0.717) is 24.7 Å². The van der Waals surface area contributed by atoms with E-state index in [1.165, 1.54) is 0 Å². The predicted molar refractivity (Wildman–Crippen MR) is 52.5 cm³/mol. The fraction of sp³-hybridized carbons (Fsp3) is 0.200. The molecule has 0 saturated carbocycles. The molecule has 0 aliphatic carbocycles. The van der Waals surface area contributed by atoms with Gasteiger partial charge in [0.1, 0.15) is 0 Å². The Morgan fingerprint density at radius 2 is 1.93 bits per heavy atom. The Hall–Kier alpha value is -1.68. The van der Waals surface area contributed by atoms with Gasteiger partial charge in [-0.1, -0.05) is 18.2 Å². The van der Waals surface area contributed by atoms with Crippen LogP contribution in [0.4, 0.5) is 0 Å². The highest BCUT2D eigenvalue weighted by atomic mass is 16.4. The van der Waals surface area contributed by atoms with Gasteiger partial charge in [0.05, 0.1) is 0 Å². The van der Waals surface area contributed by atoms with Crippen LogP contribution in [-0.4, -0.2) is 16.7 Å². The third-order valence-electron chi connectivity index (χ3n) is 1.85. The van der Waals surface area contributed by atoms with Crippen LogP contribution in [0, 0.1) is 0 Å². The van der Waals surface area contributed by atoms with Gasteiger partial charge >= 0.3 is 0 Å².